The van der Waals surface area contributed by atoms with Crippen molar-refractivity contribution in [3.05, 3.63) is 71.1 Å². The number of nitrogens with zero attached hydrogens (tertiary/aromatic N) is 3. The Balaban J connectivity index is 1.62. The topological polar surface area (TPSA) is 78.3 Å². The minimum atomic E-state index is -0.228. The number of benzene rings is 1. The predicted octanol–water partition coefficient (Wildman–Crippen LogP) is 4.05. The molecule has 1 aromatic carbocycles. The molecular formula is C22H23ClN4O3. The summed E-state index contributed by atoms with van der Waals surface area (Å²) in [6.45, 7) is 2.93. The van der Waals surface area contributed by atoms with E-state index in [0.29, 0.717) is 35.5 Å². The van der Waals surface area contributed by atoms with E-state index in [0.717, 1.165) is 17.5 Å². The normalized spacial score (nSPS) is 10.9. The zero-order valence-electron chi connectivity index (χ0n) is 16.8. The molecule has 0 aliphatic heterocycles. The van der Waals surface area contributed by atoms with Gasteiger partial charge in [0.25, 0.3) is 0 Å². The zero-order valence-corrected chi connectivity index (χ0v) is 17.6. The lowest BCUT2D eigenvalue weighted by atomic mass is 10.2. The molecule has 0 fully saturated rings. The highest BCUT2D eigenvalue weighted by Gasteiger charge is 2.11. The molecule has 3 rings (SSSR count). The van der Waals surface area contributed by atoms with E-state index >= 15 is 0 Å². The highest BCUT2D eigenvalue weighted by molar-refractivity contribution is 6.32. The first-order chi connectivity index (χ1) is 14.6. The van der Waals surface area contributed by atoms with Crippen LogP contribution in [0, 0.1) is 0 Å². The average molecular weight is 427 g/mol. The van der Waals surface area contributed by atoms with Crippen molar-refractivity contribution in [3.8, 4) is 17.3 Å². The van der Waals surface area contributed by atoms with Gasteiger partial charge in [0.1, 0.15) is 0 Å². The molecule has 0 radical (unpaired) electrons. The Hall–Kier alpha value is -3.32. The number of halogens is 1. The highest BCUT2D eigenvalue weighted by atomic mass is 35.5. The van der Waals surface area contributed by atoms with Gasteiger partial charge in [-0.25, -0.2) is 9.67 Å². The SMILES string of the molecule is CCCOc1c(Cl)cc(/C=C/C(=O)NCc2ccnc(-n3cccn3)c2)cc1OC. The molecule has 0 spiro atoms. The number of hydrogen-bond donors (Lipinski definition) is 1. The minimum absolute atomic E-state index is 0.228. The number of pyridine rings is 1. The van der Waals surface area contributed by atoms with Gasteiger partial charge in [0, 0.05) is 31.2 Å². The van der Waals surface area contributed by atoms with Crippen molar-refractivity contribution in [2.75, 3.05) is 13.7 Å². The summed E-state index contributed by atoms with van der Waals surface area (Å²) in [7, 11) is 1.55. The summed E-state index contributed by atoms with van der Waals surface area (Å²) in [5.74, 6) is 1.50. The number of carbonyl (C=O) groups excluding carboxylic acids is 1. The second-order valence-corrected chi connectivity index (χ2v) is 6.81. The number of ether oxygens (including phenoxy) is 2. The number of methoxy groups -OCH3 is 1. The van der Waals surface area contributed by atoms with E-state index in [2.05, 4.69) is 15.4 Å². The molecule has 1 N–H and O–H groups in total. The monoisotopic (exact) mass is 426 g/mol. The molecule has 30 heavy (non-hydrogen) atoms. The molecule has 156 valence electrons. The van der Waals surface area contributed by atoms with Crippen molar-refractivity contribution < 1.29 is 14.3 Å². The first-order valence-corrected chi connectivity index (χ1v) is 9.89. The molecule has 7 nitrogen and oxygen atoms in total. The van der Waals surface area contributed by atoms with Crippen LogP contribution in [0.1, 0.15) is 24.5 Å². The van der Waals surface area contributed by atoms with Crippen LogP contribution in [-0.2, 0) is 11.3 Å². The van der Waals surface area contributed by atoms with E-state index in [-0.39, 0.29) is 5.91 Å². The predicted molar refractivity (Wildman–Crippen MR) is 116 cm³/mol. The molecule has 2 aromatic heterocycles. The molecule has 0 unspecified atom stereocenters. The summed E-state index contributed by atoms with van der Waals surface area (Å²) in [6, 6.07) is 9.05. The number of amides is 1. The lowest BCUT2D eigenvalue weighted by molar-refractivity contribution is -0.116. The number of rotatable bonds is 9. The van der Waals surface area contributed by atoms with Crippen molar-refractivity contribution in [1.29, 1.82) is 0 Å². The summed E-state index contributed by atoms with van der Waals surface area (Å²) >= 11 is 6.31. The van der Waals surface area contributed by atoms with Gasteiger partial charge in [-0.1, -0.05) is 18.5 Å². The van der Waals surface area contributed by atoms with Crippen LogP contribution in [0.2, 0.25) is 5.02 Å². The van der Waals surface area contributed by atoms with Crippen LogP contribution in [0.25, 0.3) is 11.9 Å². The van der Waals surface area contributed by atoms with E-state index in [1.165, 1.54) is 6.08 Å². The van der Waals surface area contributed by atoms with Gasteiger partial charge in [-0.3, -0.25) is 4.79 Å². The molecule has 0 aliphatic rings. The van der Waals surface area contributed by atoms with Crippen molar-refractivity contribution >= 4 is 23.6 Å². The minimum Gasteiger partial charge on any atom is -0.493 e. The van der Waals surface area contributed by atoms with Crippen LogP contribution in [0.3, 0.4) is 0 Å². The van der Waals surface area contributed by atoms with Crippen LogP contribution < -0.4 is 14.8 Å². The quantitative estimate of drug-likeness (QED) is 0.522. The van der Waals surface area contributed by atoms with Gasteiger partial charge in [0.15, 0.2) is 17.3 Å². The Kier molecular flexibility index (Phi) is 7.45. The van der Waals surface area contributed by atoms with E-state index in [9.17, 15) is 4.79 Å². The van der Waals surface area contributed by atoms with Gasteiger partial charge in [0.2, 0.25) is 5.91 Å². The van der Waals surface area contributed by atoms with Gasteiger partial charge >= 0.3 is 0 Å². The second-order valence-electron chi connectivity index (χ2n) is 6.41. The summed E-state index contributed by atoms with van der Waals surface area (Å²) in [6.07, 6.45) is 9.17. The third-order valence-electron chi connectivity index (χ3n) is 4.15. The standard InChI is InChI=1S/C22H23ClN4O3/c1-3-11-30-22-18(23)12-16(13-19(22)29-2)5-6-21(28)25-15-17-7-9-24-20(14-17)27-10-4-8-26-27/h4-10,12-14H,3,11,15H2,1-2H3,(H,25,28)/b6-5+. The number of carbonyl (C=O) groups is 1. The maximum Gasteiger partial charge on any atom is 0.244 e. The van der Waals surface area contributed by atoms with Crippen molar-refractivity contribution in [2.24, 2.45) is 0 Å². The van der Waals surface area contributed by atoms with E-state index in [1.807, 2.05) is 31.3 Å². The molecule has 0 atom stereocenters. The number of hydrogen-bond acceptors (Lipinski definition) is 5. The molecule has 0 bridgehead atoms. The van der Waals surface area contributed by atoms with Crippen LogP contribution >= 0.6 is 11.6 Å². The smallest absolute Gasteiger partial charge is 0.244 e. The van der Waals surface area contributed by atoms with Gasteiger partial charge in [-0.15, -0.1) is 0 Å². The fraction of sp³-hybridized carbons (Fsp3) is 0.227. The average Bonchev–Trinajstić information content (AvgIpc) is 3.30. The maximum absolute atomic E-state index is 12.2. The zero-order chi connectivity index (χ0) is 21.3. The third-order valence-corrected chi connectivity index (χ3v) is 4.43. The largest absolute Gasteiger partial charge is 0.493 e. The molecule has 3 aromatic rings. The molecule has 0 saturated heterocycles. The van der Waals surface area contributed by atoms with Gasteiger partial charge in [-0.05, 0) is 54.0 Å². The molecule has 0 saturated carbocycles. The third kappa shape index (κ3) is 5.61. The van der Waals surface area contributed by atoms with Crippen molar-refractivity contribution in [3.63, 3.8) is 0 Å². The van der Waals surface area contributed by atoms with Gasteiger partial charge < -0.3 is 14.8 Å². The summed E-state index contributed by atoms with van der Waals surface area (Å²) in [5.41, 5.74) is 1.65. The lowest BCUT2D eigenvalue weighted by Crippen LogP contribution is -2.20. The van der Waals surface area contributed by atoms with Crippen LogP contribution in [0.5, 0.6) is 11.5 Å². The summed E-state index contributed by atoms with van der Waals surface area (Å²) in [4.78, 5) is 16.5. The first kappa shape index (κ1) is 21.4. The van der Waals surface area contributed by atoms with E-state index < -0.39 is 0 Å². The summed E-state index contributed by atoms with van der Waals surface area (Å²) in [5, 5.41) is 7.44. The Labute approximate surface area is 180 Å². The van der Waals surface area contributed by atoms with Crippen LogP contribution in [-0.4, -0.2) is 34.4 Å². The Morgan fingerprint density at radius 2 is 2.17 bits per heavy atom. The molecule has 0 aliphatic carbocycles. The van der Waals surface area contributed by atoms with Gasteiger partial charge in [-0.2, -0.15) is 5.10 Å². The highest BCUT2D eigenvalue weighted by Crippen LogP contribution is 2.36. The maximum atomic E-state index is 12.2. The van der Waals surface area contributed by atoms with E-state index in [4.69, 9.17) is 21.1 Å². The van der Waals surface area contributed by atoms with Gasteiger partial charge in [0.05, 0.1) is 18.7 Å². The Bertz CT molecular complexity index is 1020. The fourth-order valence-electron chi connectivity index (χ4n) is 2.70. The lowest BCUT2D eigenvalue weighted by Gasteiger charge is -2.12. The van der Waals surface area contributed by atoms with E-state index in [1.54, 1.807) is 42.4 Å². The summed E-state index contributed by atoms with van der Waals surface area (Å²) < 4.78 is 12.7. The van der Waals surface area contributed by atoms with Crippen molar-refractivity contribution in [1.82, 2.24) is 20.1 Å². The second kappa shape index (κ2) is 10.5. The molecule has 2 heterocycles. The first-order valence-electron chi connectivity index (χ1n) is 9.52. The molecule has 8 heteroatoms. The fourth-order valence-corrected chi connectivity index (χ4v) is 2.97. The Morgan fingerprint density at radius 3 is 2.90 bits per heavy atom. The molecule has 1 amide bonds. The number of nitrogens with one attached hydrogen (secondary N) is 1. The molecular weight excluding hydrogens is 404 g/mol. The van der Waals surface area contributed by atoms with Crippen LogP contribution in [0.4, 0.5) is 0 Å². The Morgan fingerprint density at radius 1 is 1.30 bits per heavy atom. The van der Waals surface area contributed by atoms with Crippen LogP contribution in [0.15, 0.2) is 55.0 Å². The van der Waals surface area contributed by atoms with Crippen molar-refractivity contribution in [2.45, 2.75) is 19.9 Å². The number of aromatic nitrogens is 3.